The van der Waals surface area contributed by atoms with Crippen LogP contribution in [0.1, 0.15) is 26.3 Å². The Kier molecular flexibility index (Phi) is 6.69. The number of rotatable bonds is 6. The topological polar surface area (TPSA) is 79.5 Å². The molecule has 1 rings (SSSR count). The van der Waals surface area contributed by atoms with E-state index in [1.54, 1.807) is 14.0 Å². The number of urea groups is 1. The molecule has 6 heteroatoms. The zero-order chi connectivity index (χ0) is 16.7. The van der Waals surface area contributed by atoms with Gasteiger partial charge in [0.1, 0.15) is 11.8 Å². The van der Waals surface area contributed by atoms with Gasteiger partial charge in [0, 0.05) is 12.2 Å². The molecule has 0 aliphatic rings. The predicted molar refractivity (Wildman–Crippen MR) is 87.2 cm³/mol. The summed E-state index contributed by atoms with van der Waals surface area (Å²) in [6.45, 7) is 8.12. The van der Waals surface area contributed by atoms with E-state index in [9.17, 15) is 9.59 Å². The van der Waals surface area contributed by atoms with E-state index in [4.69, 9.17) is 4.74 Å². The zero-order valence-corrected chi connectivity index (χ0v) is 13.8. The molecule has 0 heterocycles. The first-order valence-electron chi connectivity index (χ1n) is 7.33. The van der Waals surface area contributed by atoms with Crippen LogP contribution in [0.2, 0.25) is 0 Å². The lowest BCUT2D eigenvalue weighted by atomic mass is 10.2. The summed E-state index contributed by atoms with van der Waals surface area (Å²) in [4.78, 5) is 23.5. The van der Waals surface area contributed by atoms with Crippen LogP contribution in [0.25, 0.3) is 0 Å². The minimum absolute atomic E-state index is 0.332. The number of anilines is 1. The Morgan fingerprint density at radius 2 is 1.91 bits per heavy atom. The summed E-state index contributed by atoms with van der Waals surface area (Å²) >= 11 is 0. The Hall–Kier alpha value is -2.24. The van der Waals surface area contributed by atoms with E-state index in [0.717, 1.165) is 17.0 Å². The number of carbonyl (C=O) groups is 2. The Balaban J connectivity index is 2.53. The van der Waals surface area contributed by atoms with E-state index in [0.29, 0.717) is 12.5 Å². The van der Waals surface area contributed by atoms with Gasteiger partial charge in [0.2, 0.25) is 5.91 Å². The maximum atomic E-state index is 12.0. The highest BCUT2D eigenvalue weighted by molar-refractivity contribution is 5.97. The molecule has 6 nitrogen and oxygen atoms in total. The number of amides is 3. The zero-order valence-electron chi connectivity index (χ0n) is 13.8. The van der Waals surface area contributed by atoms with Gasteiger partial charge in [0.15, 0.2) is 0 Å². The summed E-state index contributed by atoms with van der Waals surface area (Å²) < 4.78 is 5.19. The fourth-order valence-electron chi connectivity index (χ4n) is 1.84. The van der Waals surface area contributed by atoms with E-state index in [1.807, 2.05) is 39.0 Å². The minimum atomic E-state index is -0.530. The van der Waals surface area contributed by atoms with E-state index >= 15 is 0 Å². The Morgan fingerprint density at radius 1 is 1.23 bits per heavy atom. The molecule has 0 spiro atoms. The SMILES string of the molecule is COc1ccc(NC(C)C(=O)NC(=O)NCC(C)C)cc1C. The smallest absolute Gasteiger partial charge is 0.321 e. The average molecular weight is 307 g/mol. The fourth-order valence-corrected chi connectivity index (χ4v) is 1.84. The molecule has 22 heavy (non-hydrogen) atoms. The van der Waals surface area contributed by atoms with Crippen LogP contribution in [0.15, 0.2) is 18.2 Å². The molecule has 0 radical (unpaired) electrons. The first kappa shape index (κ1) is 17.8. The Labute approximate surface area is 131 Å². The molecule has 0 bridgehead atoms. The maximum absolute atomic E-state index is 12.0. The highest BCUT2D eigenvalue weighted by Crippen LogP contribution is 2.21. The lowest BCUT2D eigenvalue weighted by Gasteiger charge is -2.16. The number of hydrogen-bond acceptors (Lipinski definition) is 4. The molecule has 1 unspecified atom stereocenters. The van der Waals surface area contributed by atoms with Crippen LogP contribution in [-0.2, 0) is 4.79 Å². The van der Waals surface area contributed by atoms with Crippen LogP contribution >= 0.6 is 0 Å². The van der Waals surface area contributed by atoms with Crippen LogP contribution in [0.3, 0.4) is 0 Å². The van der Waals surface area contributed by atoms with Gasteiger partial charge in [-0.15, -0.1) is 0 Å². The molecule has 1 aromatic rings. The largest absolute Gasteiger partial charge is 0.496 e. The second kappa shape index (κ2) is 8.26. The second-order valence-corrected chi connectivity index (χ2v) is 5.64. The van der Waals surface area contributed by atoms with Crippen molar-refractivity contribution < 1.29 is 14.3 Å². The number of imide groups is 1. The normalized spacial score (nSPS) is 11.7. The van der Waals surface area contributed by atoms with E-state index in [2.05, 4.69) is 16.0 Å². The number of benzene rings is 1. The van der Waals surface area contributed by atoms with Gasteiger partial charge in [-0.25, -0.2) is 4.79 Å². The molecular formula is C16H25N3O3. The first-order chi connectivity index (χ1) is 10.3. The minimum Gasteiger partial charge on any atom is -0.496 e. The Morgan fingerprint density at radius 3 is 2.45 bits per heavy atom. The fraction of sp³-hybridized carbons (Fsp3) is 0.500. The van der Waals surface area contributed by atoms with Crippen LogP contribution in [0.4, 0.5) is 10.5 Å². The van der Waals surface area contributed by atoms with Gasteiger partial charge in [-0.3, -0.25) is 10.1 Å². The van der Waals surface area contributed by atoms with Crippen molar-refractivity contribution in [1.82, 2.24) is 10.6 Å². The third kappa shape index (κ3) is 5.63. The second-order valence-electron chi connectivity index (χ2n) is 5.64. The molecule has 0 aliphatic carbocycles. The molecule has 0 aromatic heterocycles. The highest BCUT2D eigenvalue weighted by Gasteiger charge is 2.16. The lowest BCUT2D eigenvalue weighted by Crippen LogP contribution is -2.46. The highest BCUT2D eigenvalue weighted by atomic mass is 16.5. The van der Waals surface area contributed by atoms with Crippen molar-refractivity contribution in [1.29, 1.82) is 0 Å². The van der Waals surface area contributed by atoms with E-state index < -0.39 is 12.1 Å². The molecular weight excluding hydrogens is 282 g/mol. The van der Waals surface area contributed by atoms with Crippen LogP contribution in [-0.4, -0.2) is 31.6 Å². The van der Waals surface area contributed by atoms with Crippen LogP contribution in [0, 0.1) is 12.8 Å². The average Bonchev–Trinajstić information content (AvgIpc) is 2.45. The summed E-state index contributed by atoms with van der Waals surface area (Å²) in [5, 5.41) is 8.01. The molecule has 0 saturated carbocycles. The molecule has 0 aliphatic heterocycles. The molecule has 1 atom stereocenters. The van der Waals surface area contributed by atoms with Crippen molar-refractivity contribution in [3.05, 3.63) is 23.8 Å². The number of carbonyl (C=O) groups excluding carboxylic acids is 2. The number of ether oxygens (including phenoxy) is 1. The van der Waals surface area contributed by atoms with Crippen molar-refractivity contribution in [2.45, 2.75) is 33.7 Å². The van der Waals surface area contributed by atoms with Gasteiger partial charge >= 0.3 is 6.03 Å². The van der Waals surface area contributed by atoms with Crippen LogP contribution < -0.4 is 20.7 Å². The lowest BCUT2D eigenvalue weighted by molar-refractivity contribution is -0.120. The molecule has 0 saturated heterocycles. The predicted octanol–water partition coefficient (Wildman–Crippen LogP) is 2.29. The van der Waals surface area contributed by atoms with Crippen molar-refractivity contribution in [2.24, 2.45) is 5.92 Å². The molecule has 122 valence electrons. The van der Waals surface area contributed by atoms with Gasteiger partial charge in [-0.1, -0.05) is 13.8 Å². The molecule has 3 N–H and O–H groups in total. The van der Waals surface area contributed by atoms with Gasteiger partial charge < -0.3 is 15.4 Å². The summed E-state index contributed by atoms with van der Waals surface area (Å²) in [6.07, 6.45) is 0. The molecule has 0 fully saturated rings. The van der Waals surface area contributed by atoms with Crippen LogP contribution in [0.5, 0.6) is 5.75 Å². The summed E-state index contributed by atoms with van der Waals surface area (Å²) in [5.74, 6) is 0.740. The summed E-state index contributed by atoms with van der Waals surface area (Å²) in [6, 6.07) is 4.55. The Bertz CT molecular complexity index is 529. The quantitative estimate of drug-likeness (QED) is 0.753. The molecule has 3 amide bonds. The first-order valence-corrected chi connectivity index (χ1v) is 7.33. The monoisotopic (exact) mass is 307 g/mol. The van der Waals surface area contributed by atoms with Crippen molar-refractivity contribution in [3.63, 3.8) is 0 Å². The summed E-state index contributed by atoms with van der Waals surface area (Å²) in [7, 11) is 1.61. The number of hydrogen-bond donors (Lipinski definition) is 3. The van der Waals surface area contributed by atoms with Crippen molar-refractivity contribution in [2.75, 3.05) is 19.0 Å². The summed E-state index contributed by atoms with van der Waals surface area (Å²) in [5.41, 5.74) is 1.76. The number of nitrogens with one attached hydrogen (secondary N) is 3. The third-order valence-corrected chi connectivity index (χ3v) is 3.08. The van der Waals surface area contributed by atoms with Crippen molar-refractivity contribution in [3.8, 4) is 5.75 Å². The van der Waals surface area contributed by atoms with Gasteiger partial charge in [-0.05, 0) is 43.5 Å². The van der Waals surface area contributed by atoms with E-state index in [1.165, 1.54) is 0 Å². The van der Waals surface area contributed by atoms with Gasteiger partial charge in [-0.2, -0.15) is 0 Å². The number of aryl methyl sites for hydroxylation is 1. The standard InChI is InChI=1S/C16H25N3O3/c1-10(2)9-17-16(21)19-15(20)12(4)18-13-6-7-14(22-5)11(3)8-13/h6-8,10,12,18H,9H2,1-5H3,(H2,17,19,20,21). The van der Waals surface area contributed by atoms with Crippen molar-refractivity contribution >= 4 is 17.6 Å². The van der Waals surface area contributed by atoms with Gasteiger partial charge in [0.05, 0.1) is 7.11 Å². The van der Waals surface area contributed by atoms with E-state index in [-0.39, 0.29) is 5.91 Å². The van der Waals surface area contributed by atoms with Gasteiger partial charge in [0.25, 0.3) is 0 Å². The maximum Gasteiger partial charge on any atom is 0.321 e. The third-order valence-electron chi connectivity index (χ3n) is 3.08. The molecule has 1 aromatic carbocycles. The number of methoxy groups -OCH3 is 1.